The van der Waals surface area contributed by atoms with E-state index in [2.05, 4.69) is 35.3 Å². The molecule has 0 aromatic heterocycles. The first-order chi connectivity index (χ1) is 7.68. The minimum atomic E-state index is 0. The summed E-state index contributed by atoms with van der Waals surface area (Å²) >= 11 is 6.17. The molecule has 1 aromatic rings. The van der Waals surface area contributed by atoms with Crippen molar-refractivity contribution in [1.29, 1.82) is 0 Å². The van der Waals surface area contributed by atoms with Gasteiger partial charge in [0.25, 0.3) is 0 Å². The maximum absolute atomic E-state index is 6.17. The number of benzene rings is 1. The van der Waals surface area contributed by atoms with Crippen molar-refractivity contribution in [2.45, 2.75) is 19.9 Å². The van der Waals surface area contributed by atoms with Crippen molar-refractivity contribution in [3.63, 3.8) is 0 Å². The van der Waals surface area contributed by atoms with Crippen LogP contribution in [0.1, 0.15) is 24.1 Å². The molecule has 0 saturated carbocycles. The predicted octanol–water partition coefficient (Wildman–Crippen LogP) is 3.46. The molecule has 2 rings (SSSR count). The molecule has 0 amide bonds. The normalized spacial score (nSPS) is 17.5. The number of hydrogen-bond donors (Lipinski definition) is 1. The second-order valence-electron chi connectivity index (χ2n) is 4.47. The van der Waals surface area contributed by atoms with Crippen LogP contribution >= 0.6 is 36.4 Å². The van der Waals surface area contributed by atoms with Gasteiger partial charge < -0.3 is 5.32 Å². The maximum atomic E-state index is 6.17. The molecule has 1 aliphatic heterocycles. The predicted molar refractivity (Wildman–Crippen MR) is 83.5 cm³/mol. The Hall–Kier alpha value is 0.01000. The summed E-state index contributed by atoms with van der Waals surface area (Å²) in [5, 5.41) is 4.25. The third-order valence-electron chi connectivity index (χ3n) is 3.38. The molecule has 5 heteroatoms. The Morgan fingerprint density at radius 1 is 1.22 bits per heavy atom. The van der Waals surface area contributed by atoms with Crippen LogP contribution < -0.4 is 5.32 Å². The van der Waals surface area contributed by atoms with Gasteiger partial charge in [0, 0.05) is 37.2 Å². The minimum Gasteiger partial charge on any atom is -0.314 e. The van der Waals surface area contributed by atoms with Crippen LogP contribution in [-0.4, -0.2) is 31.1 Å². The van der Waals surface area contributed by atoms with E-state index < -0.39 is 0 Å². The second kappa shape index (κ2) is 8.23. The topological polar surface area (TPSA) is 15.3 Å². The summed E-state index contributed by atoms with van der Waals surface area (Å²) in [4.78, 5) is 2.50. The van der Waals surface area contributed by atoms with Gasteiger partial charge in [-0.1, -0.05) is 23.7 Å². The van der Waals surface area contributed by atoms with Gasteiger partial charge in [0.05, 0.1) is 0 Å². The number of aryl methyl sites for hydroxylation is 1. The summed E-state index contributed by atoms with van der Waals surface area (Å²) in [6.07, 6.45) is 0. The minimum absolute atomic E-state index is 0. The smallest absolute Gasteiger partial charge is 0.0438 e. The molecule has 1 saturated heterocycles. The number of halogens is 3. The van der Waals surface area contributed by atoms with E-state index in [1.54, 1.807) is 0 Å². The molecule has 0 unspecified atom stereocenters. The monoisotopic (exact) mass is 310 g/mol. The van der Waals surface area contributed by atoms with Crippen molar-refractivity contribution in [3.05, 3.63) is 34.3 Å². The molecule has 0 radical (unpaired) electrons. The summed E-state index contributed by atoms with van der Waals surface area (Å²) in [5.41, 5.74) is 2.47. The van der Waals surface area contributed by atoms with Gasteiger partial charge in [-0.25, -0.2) is 0 Å². The molecule has 104 valence electrons. The molecule has 1 atom stereocenters. The lowest BCUT2D eigenvalue weighted by molar-refractivity contribution is 0.185. The lowest BCUT2D eigenvalue weighted by Gasteiger charge is -2.33. The van der Waals surface area contributed by atoms with Gasteiger partial charge in [-0.2, -0.15) is 0 Å². The third-order valence-corrected chi connectivity index (χ3v) is 3.78. The average molecular weight is 312 g/mol. The van der Waals surface area contributed by atoms with Crippen LogP contribution in [0.2, 0.25) is 5.02 Å². The first-order valence-electron chi connectivity index (χ1n) is 5.89. The molecule has 0 spiro atoms. The molecule has 1 aromatic carbocycles. The van der Waals surface area contributed by atoms with E-state index >= 15 is 0 Å². The Morgan fingerprint density at radius 2 is 1.83 bits per heavy atom. The van der Waals surface area contributed by atoms with Gasteiger partial charge in [0.1, 0.15) is 0 Å². The Labute approximate surface area is 127 Å². The van der Waals surface area contributed by atoms with Crippen LogP contribution in [0.25, 0.3) is 0 Å². The van der Waals surface area contributed by atoms with Crippen molar-refractivity contribution in [2.75, 3.05) is 26.2 Å². The molecule has 1 aliphatic rings. The van der Waals surface area contributed by atoms with Crippen molar-refractivity contribution >= 4 is 36.4 Å². The average Bonchev–Trinajstić information content (AvgIpc) is 2.33. The van der Waals surface area contributed by atoms with Crippen molar-refractivity contribution in [3.8, 4) is 0 Å². The largest absolute Gasteiger partial charge is 0.314 e. The Kier molecular flexibility index (Phi) is 8.24. The quantitative estimate of drug-likeness (QED) is 0.900. The Morgan fingerprint density at radius 3 is 2.39 bits per heavy atom. The molecule has 18 heavy (non-hydrogen) atoms. The van der Waals surface area contributed by atoms with Crippen molar-refractivity contribution < 1.29 is 0 Å². The maximum Gasteiger partial charge on any atom is 0.0438 e. The molecular formula is C13H21Cl3N2. The first kappa shape index (κ1) is 18.0. The number of rotatable bonds is 2. The van der Waals surface area contributed by atoms with E-state index in [-0.39, 0.29) is 24.8 Å². The summed E-state index contributed by atoms with van der Waals surface area (Å²) < 4.78 is 0. The van der Waals surface area contributed by atoms with E-state index in [0.29, 0.717) is 6.04 Å². The van der Waals surface area contributed by atoms with Crippen LogP contribution in [0.15, 0.2) is 18.2 Å². The molecule has 1 N–H and O–H groups in total. The lowest BCUT2D eigenvalue weighted by Crippen LogP contribution is -2.44. The summed E-state index contributed by atoms with van der Waals surface area (Å²) in [6, 6.07) is 6.86. The zero-order valence-corrected chi connectivity index (χ0v) is 13.2. The van der Waals surface area contributed by atoms with Crippen LogP contribution in [0, 0.1) is 6.92 Å². The van der Waals surface area contributed by atoms with Gasteiger partial charge in [-0.05, 0) is 31.0 Å². The van der Waals surface area contributed by atoms with Gasteiger partial charge in [0.15, 0.2) is 0 Å². The van der Waals surface area contributed by atoms with Crippen LogP contribution in [-0.2, 0) is 0 Å². The zero-order valence-electron chi connectivity index (χ0n) is 10.8. The molecule has 1 heterocycles. The highest BCUT2D eigenvalue weighted by molar-refractivity contribution is 6.31. The molecule has 0 bridgehead atoms. The summed E-state index contributed by atoms with van der Waals surface area (Å²) in [5.74, 6) is 0. The van der Waals surface area contributed by atoms with E-state index in [0.717, 1.165) is 36.8 Å². The van der Waals surface area contributed by atoms with Gasteiger partial charge in [0.2, 0.25) is 0 Å². The Balaban J connectivity index is 0.00000144. The van der Waals surface area contributed by atoms with Gasteiger partial charge in [-0.3, -0.25) is 4.90 Å². The van der Waals surface area contributed by atoms with E-state index in [1.807, 2.05) is 6.92 Å². The second-order valence-corrected chi connectivity index (χ2v) is 4.88. The first-order valence-corrected chi connectivity index (χ1v) is 6.27. The fraction of sp³-hybridized carbons (Fsp3) is 0.538. The number of nitrogens with one attached hydrogen (secondary N) is 1. The SMILES string of the molecule is Cc1ccc([C@H](C)N2CCNCC2)cc1Cl.Cl.Cl. The summed E-state index contributed by atoms with van der Waals surface area (Å²) in [7, 11) is 0. The number of hydrogen-bond acceptors (Lipinski definition) is 2. The third kappa shape index (κ3) is 4.29. The fourth-order valence-corrected chi connectivity index (χ4v) is 2.34. The fourth-order valence-electron chi connectivity index (χ4n) is 2.15. The standard InChI is InChI=1S/C13H19ClN2.2ClH/c1-10-3-4-12(9-13(10)14)11(2)16-7-5-15-6-8-16;;/h3-4,9,11,15H,5-8H2,1-2H3;2*1H/t11-;;/m0../s1. The lowest BCUT2D eigenvalue weighted by atomic mass is 10.0. The number of nitrogens with zero attached hydrogens (tertiary/aromatic N) is 1. The van der Waals surface area contributed by atoms with Crippen molar-refractivity contribution in [2.24, 2.45) is 0 Å². The van der Waals surface area contributed by atoms with Crippen LogP contribution in [0.4, 0.5) is 0 Å². The highest BCUT2D eigenvalue weighted by Crippen LogP contribution is 2.25. The molecule has 0 aliphatic carbocycles. The van der Waals surface area contributed by atoms with Crippen LogP contribution in [0.5, 0.6) is 0 Å². The van der Waals surface area contributed by atoms with E-state index in [9.17, 15) is 0 Å². The van der Waals surface area contributed by atoms with Gasteiger partial charge >= 0.3 is 0 Å². The molecule has 1 fully saturated rings. The highest BCUT2D eigenvalue weighted by Gasteiger charge is 2.18. The number of piperazine rings is 1. The Bertz CT molecular complexity index is 365. The zero-order chi connectivity index (χ0) is 11.5. The van der Waals surface area contributed by atoms with E-state index in [1.165, 1.54) is 5.56 Å². The summed E-state index contributed by atoms with van der Waals surface area (Å²) in [6.45, 7) is 8.71. The van der Waals surface area contributed by atoms with Gasteiger partial charge in [-0.15, -0.1) is 24.8 Å². The molecule has 2 nitrogen and oxygen atoms in total. The van der Waals surface area contributed by atoms with E-state index in [4.69, 9.17) is 11.6 Å². The van der Waals surface area contributed by atoms with Crippen LogP contribution in [0.3, 0.4) is 0 Å². The molecular weight excluding hydrogens is 291 g/mol. The highest BCUT2D eigenvalue weighted by atomic mass is 35.5. The van der Waals surface area contributed by atoms with Crippen molar-refractivity contribution in [1.82, 2.24) is 10.2 Å².